The van der Waals surface area contributed by atoms with Crippen LogP contribution in [0, 0.1) is 6.92 Å². The quantitative estimate of drug-likeness (QED) is 0.325. The number of sulfonamides is 1. The second kappa shape index (κ2) is 15.7. The Morgan fingerprint density at radius 2 is 1.62 bits per heavy atom. The van der Waals surface area contributed by atoms with Gasteiger partial charge in [-0.25, -0.2) is 18.0 Å². The van der Waals surface area contributed by atoms with Gasteiger partial charge in [0.05, 0.1) is 4.90 Å². The van der Waals surface area contributed by atoms with Gasteiger partial charge in [-0.1, -0.05) is 43.7 Å². The molecule has 0 radical (unpaired) electrons. The predicted octanol–water partition coefficient (Wildman–Crippen LogP) is 3.99. The van der Waals surface area contributed by atoms with E-state index in [0.29, 0.717) is 30.7 Å². The van der Waals surface area contributed by atoms with Crippen LogP contribution in [0.2, 0.25) is 0 Å². The molecule has 0 aromatic heterocycles. The summed E-state index contributed by atoms with van der Waals surface area (Å²) in [5, 5.41) is 2.77. The molecule has 1 aliphatic rings. The van der Waals surface area contributed by atoms with Crippen molar-refractivity contribution in [2.75, 3.05) is 39.8 Å². The number of nitrogens with zero attached hydrogens (tertiary/aromatic N) is 3. The lowest BCUT2D eigenvalue weighted by atomic mass is 10.0. The molecule has 0 saturated carbocycles. The van der Waals surface area contributed by atoms with E-state index in [1.807, 2.05) is 6.92 Å². The minimum absolute atomic E-state index is 0.0933. The molecule has 1 N–H and O–H groups in total. The normalized spacial score (nSPS) is 16.3. The van der Waals surface area contributed by atoms with Crippen LogP contribution in [0.3, 0.4) is 0 Å². The topological polar surface area (TPSA) is 126 Å². The van der Waals surface area contributed by atoms with Gasteiger partial charge in [0.1, 0.15) is 23.4 Å². The summed E-state index contributed by atoms with van der Waals surface area (Å²) in [4.78, 5) is 43.2. The fourth-order valence-corrected chi connectivity index (χ4v) is 6.66. The first-order chi connectivity index (χ1) is 21.1. The Hall–Kier alpha value is -3.48. The first kappa shape index (κ1) is 36.0. The molecule has 1 aliphatic heterocycles. The first-order valence-electron chi connectivity index (χ1n) is 15.5. The smallest absolute Gasteiger partial charge is 0.415 e. The number of carbonyl (C=O) groups is 3. The number of carbonyl (C=O) groups excluding carboxylic acids is 3. The minimum atomic E-state index is -3.92. The van der Waals surface area contributed by atoms with E-state index in [-0.39, 0.29) is 17.9 Å². The Balaban J connectivity index is 1.71. The number of amides is 2. The number of ether oxygens (including phenoxy) is 2. The Morgan fingerprint density at radius 3 is 2.20 bits per heavy atom. The van der Waals surface area contributed by atoms with E-state index in [1.165, 1.54) is 21.3 Å². The minimum Gasteiger partial charge on any atom is -0.458 e. The molecule has 1 saturated heterocycles. The molecule has 2 aromatic rings. The third kappa shape index (κ3) is 10.3. The van der Waals surface area contributed by atoms with Gasteiger partial charge in [0.15, 0.2) is 0 Å². The zero-order valence-electron chi connectivity index (χ0n) is 27.5. The Morgan fingerprint density at radius 1 is 1.00 bits per heavy atom. The molecule has 3 rings (SSSR count). The molecule has 11 nitrogen and oxygen atoms in total. The average molecular weight is 645 g/mol. The van der Waals surface area contributed by atoms with Crippen LogP contribution in [-0.2, 0) is 30.8 Å². The van der Waals surface area contributed by atoms with Gasteiger partial charge in [0.2, 0.25) is 15.9 Å². The van der Waals surface area contributed by atoms with Crippen LogP contribution in [0.5, 0.6) is 5.75 Å². The summed E-state index contributed by atoms with van der Waals surface area (Å²) < 4.78 is 39.2. The Labute approximate surface area is 267 Å². The predicted molar refractivity (Wildman–Crippen MR) is 172 cm³/mol. The van der Waals surface area contributed by atoms with Crippen LogP contribution in [0.1, 0.15) is 58.6 Å². The molecule has 2 amide bonds. The lowest BCUT2D eigenvalue weighted by molar-refractivity contribution is -0.158. The largest absolute Gasteiger partial charge is 0.458 e. The molecule has 248 valence electrons. The first-order valence-corrected chi connectivity index (χ1v) is 16.9. The van der Waals surface area contributed by atoms with E-state index in [4.69, 9.17) is 9.47 Å². The van der Waals surface area contributed by atoms with Gasteiger partial charge in [-0.3, -0.25) is 4.79 Å². The van der Waals surface area contributed by atoms with Crippen molar-refractivity contribution in [2.24, 2.45) is 0 Å². The molecule has 2 atom stereocenters. The molecule has 2 aromatic carbocycles. The van der Waals surface area contributed by atoms with Gasteiger partial charge in [0, 0.05) is 33.1 Å². The summed E-state index contributed by atoms with van der Waals surface area (Å²) in [7, 11) is -2.23. The monoisotopic (exact) mass is 644 g/mol. The van der Waals surface area contributed by atoms with Gasteiger partial charge in [-0.2, -0.15) is 4.31 Å². The number of esters is 1. The third-order valence-corrected chi connectivity index (χ3v) is 9.59. The van der Waals surface area contributed by atoms with E-state index in [1.54, 1.807) is 64.2 Å². The van der Waals surface area contributed by atoms with E-state index in [0.717, 1.165) is 25.2 Å². The van der Waals surface area contributed by atoms with E-state index in [2.05, 4.69) is 24.1 Å². The van der Waals surface area contributed by atoms with Crippen LogP contribution in [-0.4, -0.2) is 97.9 Å². The number of benzene rings is 2. The maximum atomic E-state index is 13.5. The fourth-order valence-electron chi connectivity index (χ4n) is 5.00. The van der Waals surface area contributed by atoms with Crippen molar-refractivity contribution in [1.29, 1.82) is 0 Å². The fraction of sp³-hybridized carbons (Fsp3) is 0.545. The second-order valence-corrected chi connectivity index (χ2v) is 14.2. The van der Waals surface area contributed by atoms with E-state index < -0.39 is 45.7 Å². The van der Waals surface area contributed by atoms with Gasteiger partial charge < -0.3 is 24.6 Å². The maximum Gasteiger partial charge on any atom is 0.415 e. The molecular weight excluding hydrogens is 596 g/mol. The average Bonchev–Trinajstić information content (AvgIpc) is 3.49. The zero-order chi connectivity index (χ0) is 33.4. The molecule has 1 fully saturated rings. The van der Waals surface area contributed by atoms with Crippen LogP contribution in [0.4, 0.5) is 4.79 Å². The van der Waals surface area contributed by atoms with E-state index in [9.17, 15) is 22.8 Å². The highest BCUT2D eigenvalue weighted by Crippen LogP contribution is 2.27. The Bertz CT molecular complexity index is 1400. The number of nitrogens with one attached hydrogen (secondary N) is 1. The van der Waals surface area contributed by atoms with Gasteiger partial charge in [-0.15, -0.1) is 0 Å². The summed E-state index contributed by atoms with van der Waals surface area (Å²) in [6.45, 7) is 14.5. The SMILES string of the molecule is CCN(CC)CCN(C)C(=O)Oc1ccc(C[C@H](NC(=O)[C@@H]2CCCN2S(=O)(=O)c2ccc(C)cc2)C(=O)OC(C)(C)C)cc1. The van der Waals surface area contributed by atoms with Crippen molar-refractivity contribution < 1.29 is 32.3 Å². The second-order valence-electron chi connectivity index (χ2n) is 12.3. The number of rotatable bonds is 13. The highest BCUT2D eigenvalue weighted by atomic mass is 32.2. The summed E-state index contributed by atoms with van der Waals surface area (Å²) in [6, 6.07) is 11.2. The van der Waals surface area contributed by atoms with Gasteiger partial charge in [-0.05, 0) is 83.5 Å². The molecule has 0 aliphatic carbocycles. The summed E-state index contributed by atoms with van der Waals surface area (Å²) in [6.07, 6.45) is 0.471. The molecule has 0 unspecified atom stereocenters. The zero-order valence-corrected chi connectivity index (χ0v) is 28.4. The Kier molecular flexibility index (Phi) is 12.5. The molecular formula is C33H48N4O7S. The van der Waals surface area contributed by atoms with Crippen molar-refractivity contribution in [3.8, 4) is 5.75 Å². The number of aryl methyl sites for hydroxylation is 1. The van der Waals surface area contributed by atoms with Crippen molar-refractivity contribution in [3.63, 3.8) is 0 Å². The lowest BCUT2D eigenvalue weighted by Gasteiger charge is -2.28. The van der Waals surface area contributed by atoms with Crippen LogP contribution < -0.4 is 10.1 Å². The number of hydrogen-bond acceptors (Lipinski definition) is 8. The standard InChI is InChI=1S/C33H48N4O7S/c1-8-36(9-2)22-21-35(7)32(40)43-26-16-14-25(15-17-26)23-28(31(39)44-33(4,5)6)34-30(38)29-11-10-20-37(29)45(41,42)27-18-12-24(3)13-19-27/h12-19,28-29H,8-11,20-23H2,1-7H3,(H,34,38)/t28-,29-/m0/s1. The maximum absolute atomic E-state index is 13.5. The number of likely N-dealkylation sites (N-methyl/N-ethyl adjacent to an activating group) is 2. The summed E-state index contributed by atoms with van der Waals surface area (Å²) >= 11 is 0. The van der Waals surface area contributed by atoms with Gasteiger partial charge in [0.25, 0.3) is 0 Å². The number of hydrogen-bond donors (Lipinski definition) is 1. The van der Waals surface area contributed by atoms with Crippen molar-refractivity contribution in [3.05, 3.63) is 59.7 Å². The molecule has 1 heterocycles. The third-order valence-electron chi connectivity index (χ3n) is 7.67. The van der Waals surface area contributed by atoms with Crippen LogP contribution in [0.25, 0.3) is 0 Å². The van der Waals surface area contributed by atoms with Crippen molar-refractivity contribution >= 4 is 28.0 Å². The molecule has 12 heteroatoms. The van der Waals surface area contributed by atoms with Crippen molar-refractivity contribution in [1.82, 2.24) is 19.4 Å². The highest BCUT2D eigenvalue weighted by Gasteiger charge is 2.41. The van der Waals surface area contributed by atoms with Crippen LogP contribution >= 0.6 is 0 Å². The van der Waals surface area contributed by atoms with Gasteiger partial charge >= 0.3 is 12.1 Å². The highest BCUT2D eigenvalue weighted by molar-refractivity contribution is 7.89. The lowest BCUT2D eigenvalue weighted by Crippen LogP contribution is -2.52. The molecule has 45 heavy (non-hydrogen) atoms. The van der Waals surface area contributed by atoms with Crippen LogP contribution in [0.15, 0.2) is 53.4 Å². The summed E-state index contributed by atoms with van der Waals surface area (Å²) in [5.41, 5.74) is 0.814. The van der Waals surface area contributed by atoms with E-state index >= 15 is 0 Å². The molecule has 0 spiro atoms. The molecule has 0 bridgehead atoms. The van der Waals surface area contributed by atoms with Crippen molar-refractivity contribution in [2.45, 2.75) is 83.4 Å². The summed E-state index contributed by atoms with van der Waals surface area (Å²) in [5.74, 6) is -0.844.